The molecule has 25 heavy (non-hydrogen) atoms. The van der Waals surface area contributed by atoms with Gasteiger partial charge in [0.05, 0.1) is 17.1 Å². The summed E-state index contributed by atoms with van der Waals surface area (Å²) in [7, 11) is -3.02. The molecule has 1 aliphatic heterocycles. The molecule has 3 rings (SSSR count). The Morgan fingerprint density at radius 2 is 1.96 bits per heavy atom. The minimum Gasteiger partial charge on any atom is -0.366 e. The highest BCUT2D eigenvalue weighted by Gasteiger charge is 2.29. The molecule has 1 atom stereocenters. The molecule has 2 aromatic rings. The molecule has 0 radical (unpaired) electrons. The molecule has 1 saturated heterocycles. The first-order valence-corrected chi connectivity index (χ1v) is 10.1. The van der Waals surface area contributed by atoms with E-state index in [2.05, 4.69) is 15.6 Å². The van der Waals surface area contributed by atoms with Crippen LogP contribution in [0.25, 0.3) is 0 Å². The monoisotopic (exact) mass is 379 g/mol. The zero-order valence-electron chi connectivity index (χ0n) is 13.4. The lowest BCUT2D eigenvalue weighted by Gasteiger charge is -2.11. The quantitative estimate of drug-likeness (QED) is 0.831. The SMILES string of the molecule is O=C(NC1CCS(=O)(=O)C1)c1ccc(NCc2ccc(Cl)cc2)nc1. The lowest BCUT2D eigenvalue weighted by Crippen LogP contribution is -2.35. The van der Waals surface area contributed by atoms with Gasteiger partial charge < -0.3 is 10.6 Å². The Balaban J connectivity index is 1.54. The zero-order chi connectivity index (χ0) is 17.9. The second-order valence-electron chi connectivity index (χ2n) is 5.99. The van der Waals surface area contributed by atoms with Crippen LogP contribution in [0.4, 0.5) is 5.82 Å². The zero-order valence-corrected chi connectivity index (χ0v) is 15.0. The molecule has 1 aromatic heterocycles. The molecule has 1 amide bonds. The number of aromatic nitrogens is 1. The van der Waals surface area contributed by atoms with Gasteiger partial charge in [-0.05, 0) is 36.2 Å². The minimum atomic E-state index is -3.02. The van der Waals surface area contributed by atoms with Gasteiger partial charge in [0.25, 0.3) is 5.91 Å². The van der Waals surface area contributed by atoms with Gasteiger partial charge in [-0.15, -0.1) is 0 Å². The number of carbonyl (C=O) groups is 1. The number of nitrogens with one attached hydrogen (secondary N) is 2. The number of carbonyl (C=O) groups excluding carboxylic acids is 1. The fourth-order valence-electron chi connectivity index (χ4n) is 2.61. The molecule has 1 aliphatic rings. The summed E-state index contributed by atoms with van der Waals surface area (Å²) in [5, 5.41) is 6.59. The maximum absolute atomic E-state index is 12.2. The molecule has 0 aliphatic carbocycles. The Morgan fingerprint density at radius 1 is 1.20 bits per heavy atom. The van der Waals surface area contributed by atoms with Crippen molar-refractivity contribution in [3.63, 3.8) is 0 Å². The number of pyridine rings is 1. The van der Waals surface area contributed by atoms with Gasteiger partial charge in [0.2, 0.25) is 0 Å². The van der Waals surface area contributed by atoms with E-state index in [4.69, 9.17) is 11.6 Å². The van der Waals surface area contributed by atoms with Crippen LogP contribution in [0.15, 0.2) is 42.6 Å². The second kappa shape index (κ2) is 7.41. The van der Waals surface area contributed by atoms with Crippen LogP contribution in [0.3, 0.4) is 0 Å². The van der Waals surface area contributed by atoms with Crippen LogP contribution in [0.1, 0.15) is 22.3 Å². The summed E-state index contributed by atoms with van der Waals surface area (Å²) in [5.41, 5.74) is 1.47. The van der Waals surface area contributed by atoms with E-state index in [9.17, 15) is 13.2 Å². The van der Waals surface area contributed by atoms with E-state index in [1.165, 1.54) is 6.20 Å². The molecule has 132 valence electrons. The van der Waals surface area contributed by atoms with Gasteiger partial charge in [0.1, 0.15) is 5.82 Å². The number of sulfone groups is 1. The Morgan fingerprint density at radius 3 is 2.56 bits per heavy atom. The molecular formula is C17H18ClN3O3S. The van der Waals surface area contributed by atoms with Gasteiger partial charge in [-0.1, -0.05) is 23.7 Å². The van der Waals surface area contributed by atoms with Crippen molar-refractivity contribution in [2.75, 3.05) is 16.8 Å². The van der Waals surface area contributed by atoms with Crippen molar-refractivity contribution in [2.45, 2.75) is 19.0 Å². The minimum absolute atomic E-state index is 0.00685. The van der Waals surface area contributed by atoms with Gasteiger partial charge in [-0.3, -0.25) is 4.79 Å². The van der Waals surface area contributed by atoms with Crippen molar-refractivity contribution in [1.29, 1.82) is 0 Å². The third kappa shape index (κ3) is 4.93. The lowest BCUT2D eigenvalue weighted by atomic mass is 10.2. The summed E-state index contributed by atoms with van der Waals surface area (Å²) in [5.74, 6) is 0.477. The van der Waals surface area contributed by atoms with Crippen LogP contribution in [-0.2, 0) is 16.4 Å². The summed E-state index contributed by atoms with van der Waals surface area (Å²) >= 11 is 5.85. The van der Waals surface area contributed by atoms with E-state index < -0.39 is 9.84 Å². The average Bonchev–Trinajstić information content (AvgIpc) is 2.93. The molecule has 2 N–H and O–H groups in total. The number of hydrogen-bond donors (Lipinski definition) is 2. The molecule has 1 aromatic carbocycles. The standard InChI is InChI=1S/C17H18ClN3O3S/c18-14-4-1-12(2-5-14)9-19-16-6-3-13(10-20-16)17(22)21-15-7-8-25(23,24)11-15/h1-6,10,15H,7-9,11H2,(H,19,20)(H,21,22). The highest BCUT2D eigenvalue weighted by Crippen LogP contribution is 2.14. The van der Waals surface area contributed by atoms with Crippen LogP contribution in [0, 0.1) is 0 Å². The smallest absolute Gasteiger partial charge is 0.253 e. The van der Waals surface area contributed by atoms with Crippen LogP contribution in [-0.4, -0.2) is 36.9 Å². The van der Waals surface area contributed by atoms with E-state index in [0.29, 0.717) is 29.4 Å². The molecule has 2 heterocycles. The summed E-state index contributed by atoms with van der Waals surface area (Å²) < 4.78 is 22.9. The fourth-order valence-corrected chi connectivity index (χ4v) is 4.40. The number of hydrogen-bond acceptors (Lipinski definition) is 5. The highest BCUT2D eigenvalue weighted by molar-refractivity contribution is 7.91. The number of rotatable bonds is 5. The summed E-state index contributed by atoms with van der Waals surface area (Å²) in [6.07, 6.45) is 1.94. The topological polar surface area (TPSA) is 88.2 Å². The Hall–Kier alpha value is -2.12. The molecule has 0 bridgehead atoms. The number of anilines is 1. The first kappa shape index (κ1) is 17.7. The fraction of sp³-hybridized carbons (Fsp3) is 0.294. The Bertz CT molecular complexity index is 852. The van der Waals surface area contributed by atoms with Crippen molar-refractivity contribution >= 4 is 33.2 Å². The van der Waals surface area contributed by atoms with Gasteiger partial charge in [0, 0.05) is 23.8 Å². The van der Waals surface area contributed by atoms with Gasteiger partial charge in [0.15, 0.2) is 9.84 Å². The van der Waals surface area contributed by atoms with E-state index >= 15 is 0 Å². The molecule has 8 heteroatoms. The Labute approximate surface area is 151 Å². The van der Waals surface area contributed by atoms with E-state index in [1.54, 1.807) is 12.1 Å². The predicted octanol–water partition coefficient (Wildman–Crippen LogP) is 2.26. The highest BCUT2D eigenvalue weighted by atomic mass is 35.5. The predicted molar refractivity (Wildman–Crippen MR) is 97.5 cm³/mol. The van der Waals surface area contributed by atoms with Crippen molar-refractivity contribution < 1.29 is 13.2 Å². The molecule has 0 saturated carbocycles. The summed E-state index contributed by atoms with van der Waals surface area (Å²) in [6.45, 7) is 0.593. The third-order valence-corrected chi connectivity index (χ3v) is 6.00. The molecule has 6 nitrogen and oxygen atoms in total. The lowest BCUT2D eigenvalue weighted by molar-refractivity contribution is 0.0941. The number of amides is 1. The normalized spacial score (nSPS) is 18.7. The number of halogens is 1. The Kier molecular flexibility index (Phi) is 5.24. The van der Waals surface area contributed by atoms with Crippen molar-refractivity contribution in [1.82, 2.24) is 10.3 Å². The largest absolute Gasteiger partial charge is 0.366 e. The van der Waals surface area contributed by atoms with Gasteiger partial charge >= 0.3 is 0 Å². The van der Waals surface area contributed by atoms with E-state index in [-0.39, 0.29) is 23.5 Å². The van der Waals surface area contributed by atoms with Crippen LogP contribution in [0.2, 0.25) is 5.02 Å². The molecular weight excluding hydrogens is 362 g/mol. The maximum atomic E-state index is 12.2. The van der Waals surface area contributed by atoms with Crippen LogP contribution >= 0.6 is 11.6 Å². The average molecular weight is 380 g/mol. The molecule has 1 unspecified atom stereocenters. The third-order valence-electron chi connectivity index (χ3n) is 3.98. The number of nitrogens with zero attached hydrogens (tertiary/aromatic N) is 1. The van der Waals surface area contributed by atoms with Crippen LogP contribution < -0.4 is 10.6 Å². The van der Waals surface area contributed by atoms with Crippen LogP contribution in [0.5, 0.6) is 0 Å². The first-order chi connectivity index (χ1) is 11.9. The maximum Gasteiger partial charge on any atom is 0.253 e. The summed E-state index contributed by atoms with van der Waals surface area (Å²) in [6, 6.07) is 10.6. The molecule has 0 spiro atoms. The van der Waals surface area contributed by atoms with E-state index in [0.717, 1.165) is 5.56 Å². The van der Waals surface area contributed by atoms with E-state index in [1.807, 2.05) is 24.3 Å². The van der Waals surface area contributed by atoms with Gasteiger partial charge in [-0.25, -0.2) is 13.4 Å². The second-order valence-corrected chi connectivity index (χ2v) is 8.65. The van der Waals surface area contributed by atoms with Crippen molar-refractivity contribution in [3.8, 4) is 0 Å². The first-order valence-electron chi connectivity index (χ1n) is 7.87. The van der Waals surface area contributed by atoms with Crippen molar-refractivity contribution in [3.05, 3.63) is 58.7 Å². The number of benzene rings is 1. The summed E-state index contributed by atoms with van der Waals surface area (Å²) in [4.78, 5) is 16.4. The van der Waals surface area contributed by atoms with Crippen molar-refractivity contribution in [2.24, 2.45) is 0 Å². The van der Waals surface area contributed by atoms with Gasteiger partial charge in [-0.2, -0.15) is 0 Å². The molecule has 1 fully saturated rings.